The molecule has 0 radical (unpaired) electrons. The van der Waals surface area contributed by atoms with E-state index in [-0.39, 0.29) is 11.8 Å². The summed E-state index contributed by atoms with van der Waals surface area (Å²) in [5.41, 5.74) is 0.253. The summed E-state index contributed by atoms with van der Waals surface area (Å²) in [5, 5.41) is 1.14. The monoisotopic (exact) mass is 302 g/mol. The van der Waals surface area contributed by atoms with E-state index in [4.69, 9.17) is 4.74 Å². The van der Waals surface area contributed by atoms with Crippen LogP contribution in [0.2, 0.25) is 13.1 Å². The third kappa shape index (κ3) is 3.21. The Bertz CT molecular complexity index is 626. The first-order valence-corrected chi connectivity index (χ1v) is 9.93. The zero-order valence-electron chi connectivity index (χ0n) is 12.5. The smallest absolute Gasteiger partial charge is 0.310 e. The van der Waals surface area contributed by atoms with Crippen molar-refractivity contribution in [3.8, 4) is 0 Å². The van der Waals surface area contributed by atoms with Crippen molar-refractivity contribution in [1.29, 1.82) is 0 Å². The number of esters is 1. The molecule has 2 rings (SSSR count). The largest absolute Gasteiger partial charge is 0.469 e. The van der Waals surface area contributed by atoms with Crippen LogP contribution in [-0.2, 0) is 9.53 Å². The molecule has 0 aliphatic carbocycles. The van der Waals surface area contributed by atoms with Gasteiger partial charge in [0.1, 0.15) is 13.9 Å². The van der Waals surface area contributed by atoms with E-state index in [9.17, 15) is 9.18 Å². The van der Waals surface area contributed by atoms with Crippen molar-refractivity contribution in [1.82, 2.24) is 0 Å². The van der Waals surface area contributed by atoms with Crippen LogP contribution in [0.1, 0.15) is 11.1 Å². The van der Waals surface area contributed by atoms with Gasteiger partial charge >= 0.3 is 5.97 Å². The fourth-order valence-corrected chi connectivity index (χ4v) is 5.79. The summed E-state index contributed by atoms with van der Waals surface area (Å²) in [7, 11) is -0.819. The molecule has 0 aliphatic rings. The average Bonchev–Trinajstić information content (AvgIpc) is 2.48. The van der Waals surface area contributed by atoms with Gasteiger partial charge in [-0.2, -0.15) is 0 Å². The molecule has 0 aromatic heterocycles. The lowest BCUT2D eigenvalue weighted by Gasteiger charge is -2.31. The molecule has 110 valence electrons. The molecule has 0 fully saturated rings. The average molecular weight is 302 g/mol. The Kier molecular flexibility index (Phi) is 4.58. The van der Waals surface area contributed by atoms with Crippen LogP contribution in [0, 0.1) is 5.82 Å². The van der Waals surface area contributed by atoms with E-state index in [1.54, 1.807) is 12.1 Å². The van der Waals surface area contributed by atoms with Gasteiger partial charge in [-0.3, -0.25) is 4.79 Å². The third-order valence-electron chi connectivity index (χ3n) is 3.86. The Hall–Kier alpha value is -1.94. The molecular formula is C17H19FO2Si. The topological polar surface area (TPSA) is 26.3 Å². The van der Waals surface area contributed by atoms with Crippen LogP contribution in [0.15, 0.2) is 54.6 Å². The van der Waals surface area contributed by atoms with Crippen LogP contribution < -0.4 is 5.19 Å². The molecule has 4 heteroatoms. The molecule has 0 heterocycles. The van der Waals surface area contributed by atoms with Crippen molar-refractivity contribution in [2.45, 2.75) is 18.6 Å². The Morgan fingerprint density at radius 1 is 1.10 bits per heavy atom. The molecule has 2 aromatic carbocycles. The summed E-state index contributed by atoms with van der Waals surface area (Å²) in [4.78, 5) is 12.3. The molecule has 0 spiro atoms. The van der Waals surface area contributed by atoms with Gasteiger partial charge in [0.2, 0.25) is 0 Å². The van der Waals surface area contributed by atoms with Crippen molar-refractivity contribution in [3.05, 3.63) is 66.0 Å². The highest BCUT2D eigenvalue weighted by atomic mass is 28.3. The number of hydrogen-bond donors (Lipinski definition) is 0. The fourth-order valence-electron chi connectivity index (χ4n) is 2.69. The lowest BCUT2D eigenvalue weighted by molar-refractivity contribution is -0.140. The van der Waals surface area contributed by atoms with Gasteiger partial charge in [0.25, 0.3) is 0 Å². The first-order chi connectivity index (χ1) is 9.96. The zero-order valence-corrected chi connectivity index (χ0v) is 13.5. The summed E-state index contributed by atoms with van der Waals surface area (Å²) in [6, 6.07) is 16.2. The van der Waals surface area contributed by atoms with Crippen molar-refractivity contribution >= 4 is 19.2 Å². The van der Waals surface area contributed by atoms with E-state index < -0.39 is 13.6 Å². The first-order valence-electron chi connectivity index (χ1n) is 6.85. The maximum absolute atomic E-state index is 13.5. The molecule has 0 amide bonds. The maximum atomic E-state index is 13.5. The molecule has 0 bridgehead atoms. The predicted octanol–water partition coefficient (Wildman–Crippen LogP) is 3.24. The number of carbonyl (C=O) groups excluding carboxylic acids is 1. The molecule has 1 atom stereocenters. The Labute approximate surface area is 125 Å². The normalized spacial score (nSPS) is 12.8. The Balaban J connectivity index is 2.53. The van der Waals surface area contributed by atoms with Crippen molar-refractivity contribution < 1.29 is 13.9 Å². The molecular weight excluding hydrogens is 283 g/mol. The van der Waals surface area contributed by atoms with Gasteiger partial charge < -0.3 is 4.74 Å². The molecule has 2 nitrogen and oxygen atoms in total. The van der Waals surface area contributed by atoms with E-state index in [2.05, 4.69) is 13.1 Å². The number of hydrogen-bond acceptors (Lipinski definition) is 2. The van der Waals surface area contributed by atoms with Gasteiger partial charge in [0, 0.05) is 0 Å². The van der Waals surface area contributed by atoms with Crippen molar-refractivity contribution in [3.63, 3.8) is 0 Å². The Morgan fingerprint density at radius 3 is 2.33 bits per heavy atom. The predicted molar refractivity (Wildman–Crippen MR) is 84.7 cm³/mol. The van der Waals surface area contributed by atoms with E-state index in [1.165, 1.54) is 19.2 Å². The summed E-state index contributed by atoms with van der Waals surface area (Å²) >= 11 is 0. The highest BCUT2D eigenvalue weighted by molar-refractivity contribution is 6.93. The number of methoxy groups -OCH3 is 1. The van der Waals surface area contributed by atoms with Crippen LogP contribution in [0.25, 0.3) is 0 Å². The molecule has 2 aromatic rings. The molecule has 21 heavy (non-hydrogen) atoms. The summed E-state index contributed by atoms with van der Waals surface area (Å²) in [6.45, 7) is 4.21. The molecule has 0 saturated carbocycles. The highest BCUT2D eigenvalue weighted by Gasteiger charge is 2.40. The number of ether oxygens (including phenoxy) is 1. The second-order valence-electron chi connectivity index (χ2n) is 5.60. The van der Waals surface area contributed by atoms with Gasteiger partial charge in [0.05, 0.1) is 12.7 Å². The number of halogens is 1. The van der Waals surface area contributed by atoms with Gasteiger partial charge in [-0.1, -0.05) is 60.7 Å². The third-order valence-corrected chi connectivity index (χ3v) is 7.69. The maximum Gasteiger partial charge on any atom is 0.310 e. The van der Waals surface area contributed by atoms with E-state index in [0.717, 1.165) is 5.19 Å². The van der Waals surface area contributed by atoms with Crippen LogP contribution in [0.4, 0.5) is 4.39 Å². The van der Waals surface area contributed by atoms with Crippen LogP contribution in [0.5, 0.6) is 0 Å². The summed E-state index contributed by atoms with van der Waals surface area (Å²) in [5.74, 6) is -0.639. The van der Waals surface area contributed by atoms with Gasteiger partial charge in [0.15, 0.2) is 0 Å². The second kappa shape index (κ2) is 6.22. The minimum absolute atomic E-state index is 0.305. The SMILES string of the molecule is COC(=O)C(c1cccc(F)c1)[Si](C)(C)c1ccccc1. The Morgan fingerprint density at radius 2 is 1.76 bits per heavy atom. The summed E-state index contributed by atoms with van der Waals surface area (Å²) < 4.78 is 18.5. The van der Waals surface area contributed by atoms with Crippen molar-refractivity contribution in [2.24, 2.45) is 0 Å². The molecule has 1 unspecified atom stereocenters. The lowest BCUT2D eigenvalue weighted by Crippen LogP contribution is -2.51. The minimum Gasteiger partial charge on any atom is -0.469 e. The summed E-state index contributed by atoms with van der Waals surface area (Å²) in [6.07, 6.45) is 0. The number of rotatable bonds is 4. The lowest BCUT2D eigenvalue weighted by atomic mass is 10.1. The second-order valence-corrected chi connectivity index (χ2v) is 10.2. The van der Waals surface area contributed by atoms with Gasteiger partial charge in [-0.25, -0.2) is 4.39 Å². The molecule has 0 aliphatic heterocycles. The van der Waals surface area contributed by atoms with E-state index in [1.807, 2.05) is 30.3 Å². The zero-order chi connectivity index (χ0) is 15.5. The van der Waals surface area contributed by atoms with Crippen LogP contribution in [0.3, 0.4) is 0 Å². The standard InChI is InChI=1S/C17H19FO2Si/c1-20-17(19)16(13-8-7-9-14(18)12-13)21(2,3)15-10-5-4-6-11-15/h4-12,16H,1-3H3. The van der Waals surface area contributed by atoms with Crippen LogP contribution >= 0.6 is 0 Å². The van der Waals surface area contributed by atoms with Crippen LogP contribution in [-0.4, -0.2) is 21.2 Å². The molecule has 0 saturated heterocycles. The first kappa shape index (κ1) is 15.4. The van der Waals surface area contributed by atoms with E-state index >= 15 is 0 Å². The number of carbonyl (C=O) groups is 1. The van der Waals surface area contributed by atoms with Gasteiger partial charge in [-0.15, -0.1) is 0 Å². The number of benzene rings is 2. The quantitative estimate of drug-likeness (QED) is 0.640. The highest BCUT2D eigenvalue weighted by Crippen LogP contribution is 2.29. The minimum atomic E-state index is -2.20. The fraction of sp³-hybridized carbons (Fsp3) is 0.235. The van der Waals surface area contributed by atoms with E-state index in [0.29, 0.717) is 5.56 Å². The molecule has 0 N–H and O–H groups in total. The van der Waals surface area contributed by atoms with Gasteiger partial charge in [-0.05, 0) is 17.7 Å². The van der Waals surface area contributed by atoms with Crippen molar-refractivity contribution in [2.75, 3.05) is 7.11 Å².